The average Bonchev–Trinajstić information content (AvgIpc) is 3.20. The molecule has 0 saturated carbocycles. The van der Waals surface area contributed by atoms with Gasteiger partial charge in [-0.05, 0) is 43.3 Å². The van der Waals surface area contributed by atoms with Gasteiger partial charge in [0.25, 0.3) is 11.8 Å². The van der Waals surface area contributed by atoms with Gasteiger partial charge in [0.2, 0.25) is 0 Å². The molecule has 4 rings (SSSR count). The molecule has 0 radical (unpaired) electrons. The standard InChI is InChI=1S/C20H13NO4/c1-12-2-5-14(6-3-12)21-19(23)16-8-4-13(10-17(16)20(21)24)18-9-7-15(11-22)25-18/h2-11H,1H3. The predicted molar refractivity (Wildman–Crippen MR) is 91.9 cm³/mol. The van der Waals surface area contributed by atoms with Crippen LogP contribution < -0.4 is 4.90 Å². The van der Waals surface area contributed by atoms with Gasteiger partial charge in [0.15, 0.2) is 12.0 Å². The smallest absolute Gasteiger partial charge is 0.266 e. The van der Waals surface area contributed by atoms with Crippen LogP contribution in [-0.4, -0.2) is 18.1 Å². The fraction of sp³-hybridized carbons (Fsp3) is 0.0500. The van der Waals surface area contributed by atoms with Crippen LogP contribution in [0.5, 0.6) is 0 Å². The Kier molecular flexibility index (Phi) is 3.35. The second-order valence-corrected chi connectivity index (χ2v) is 5.86. The number of nitrogens with zero attached hydrogens (tertiary/aromatic N) is 1. The Morgan fingerprint density at radius 2 is 1.60 bits per heavy atom. The van der Waals surface area contributed by atoms with Crippen molar-refractivity contribution >= 4 is 23.8 Å². The molecule has 1 aromatic heterocycles. The monoisotopic (exact) mass is 331 g/mol. The highest BCUT2D eigenvalue weighted by Gasteiger charge is 2.36. The number of benzene rings is 2. The number of amides is 2. The first-order valence-electron chi connectivity index (χ1n) is 7.73. The van der Waals surface area contributed by atoms with E-state index in [4.69, 9.17) is 4.42 Å². The highest BCUT2D eigenvalue weighted by Crippen LogP contribution is 2.32. The molecule has 0 unspecified atom stereocenters. The Morgan fingerprint density at radius 1 is 0.880 bits per heavy atom. The molecule has 0 bridgehead atoms. The van der Waals surface area contributed by atoms with E-state index in [1.165, 1.54) is 4.90 Å². The molecule has 5 nitrogen and oxygen atoms in total. The number of imide groups is 1. The van der Waals surface area contributed by atoms with Crippen LogP contribution in [0.15, 0.2) is 59.0 Å². The summed E-state index contributed by atoms with van der Waals surface area (Å²) in [4.78, 5) is 37.3. The normalized spacial score (nSPS) is 13.2. The van der Waals surface area contributed by atoms with Gasteiger partial charge in [-0.25, -0.2) is 4.90 Å². The lowest BCUT2D eigenvalue weighted by molar-refractivity contribution is 0.0925. The molecule has 2 aromatic carbocycles. The minimum absolute atomic E-state index is 0.208. The predicted octanol–water partition coefficient (Wildman–Crippen LogP) is 3.87. The van der Waals surface area contributed by atoms with E-state index in [2.05, 4.69) is 0 Å². The van der Waals surface area contributed by atoms with Crippen LogP contribution in [0.1, 0.15) is 36.8 Å². The van der Waals surface area contributed by atoms with Gasteiger partial charge in [-0.2, -0.15) is 0 Å². The summed E-state index contributed by atoms with van der Waals surface area (Å²) < 4.78 is 5.39. The van der Waals surface area contributed by atoms with Gasteiger partial charge in [-0.1, -0.05) is 23.8 Å². The maximum atomic E-state index is 12.8. The third-order valence-corrected chi connectivity index (χ3v) is 4.21. The third-order valence-electron chi connectivity index (χ3n) is 4.21. The van der Waals surface area contributed by atoms with Crippen molar-refractivity contribution in [1.29, 1.82) is 0 Å². The maximum absolute atomic E-state index is 12.8. The molecular formula is C20H13NO4. The van der Waals surface area contributed by atoms with Crippen molar-refractivity contribution in [2.45, 2.75) is 6.92 Å². The van der Waals surface area contributed by atoms with Crippen molar-refractivity contribution in [3.8, 4) is 11.3 Å². The van der Waals surface area contributed by atoms with Crippen molar-refractivity contribution in [2.24, 2.45) is 0 Å². The summed E-state index contributed by atoms with van der Waals surface area (Å²) in [5.74, 6) is -0.0329. The van der Waals surface area contributed by atoms with Crippen molar-refractivity contribution in [2.75, 3.05) is 4.90 Å². The number of aldehydes is 1. The first-order valence-corrected chi connectivity index (χ1v) is 7.73. The van der Waals surface area contributed by atoms with Gasteiger partial charge in [0.05, 0.1) is 16.8 Å². The van der Waals surface area contributed by atoms with E-state index in [1.54, 1.807) is 42.5 Å². The van der Waals surface area contributed by atoms with Crippen LogP contribution in [0.4, 0.5) is 5.69 Å². The first-order chi connectivity index (χ1) is 12.1. The van der Waals surface area contributed by atoms with E-state index in [0.717, 1.165) is 5.56 Å². The minimum atomic E-state index is -0.368. The van der Waals surface area contributed by atoms with E-state index in [-0.39, 0.29) is 17.6 Å². The van der Waals surface area contributed by atoms with Crippen LogP contribution >= 0.6 is 0 Å². The van der Waals surface area contributed by atoms with Crippen molar-refractivity contribution in [3.63, 3.8) is 0 Å². The molecule has 0 atom stereocenters. The van der Waals surface area contributed by atoms with Gasteiger partial charge in [-0.3, -0.25) is 14.4 Å². The molecule has 1 aliphatic heterocycles. The molecule has 0 aliphatic carbocycles. The number of hydrogen-bond acceptors (Lipinski definition) is 4. The molecular weight excluding hydrogens is 318 g/mol. The van der Waals surface area contributed by atoms with Crippen LogP contribution in [0.2, 0.25) is 0 Å². The molecule has 5 heteroatoms. The molecule has 2 amide bonds. The zero-order valence-corrected chi connectivity index (χ0v) is 13.4. The minimum Gasteiger partial charge on any atom is -0.453 e. The summed E-state index contributed by atoms with van der Waals surface area (Å²) in [5.41, 5.74) is 2.91. The highest BCUT2D eigenvalue weighted by atomic mass is 16.3. The SMILES string of the molecule is Cc1ccc(N2C(=O)c3ccc(-c4ccc(C=O)o4)cc3C2=O)cc1. The van der Waals surface area contributed by atoms with E-state index >= 15 is 0 Å². The molecule has 25 heavy (non-hydrogen) atoms. The van der Waals surface area contributed by atoms with Gasteiger partial charge < -0.3 is 4.42 Å². The lowest BCUT2D eigenvalue weighted by atomic mass is 10.0. The largest absolute Gasteiger partial charge is 0.453 e. The second-order valence-electron chi connectivity index (χ2n) is 5.86. The van der Waals surface area contributed by atoms with Gasteiger partial charge in [0, 0.05) is 5.56 Å². The van der Waals surface area contributed by atoms with Crippen molar-refractivity contribution < 1.29 is 18.8 Å². The summed E-state index contributed by atoms with van der Waals surface area (Å²) in [7, 11) is 0. The number of carbonyl (C=O) groups is 3. The zero-order chi connectivity index (χ0) is 17.6. The quantitative estimate of drug-likeness (QED) is 0.540. The zero-order valence-electron chi connectivity index (χ0n) is 13.4. The van der Waals surface area contributed by atoms with Crippen molar-refractivity contribution in [3.05, 3.63) is 77.0 Å². The van der Waals surface area contributed by atoms with E-state index in [9.17, 15) is 14.4 Å². The second kappa shape index (κ2) is 5.56. The van der Waals surface area contributed by atoms with Gasteiger partial charge in [0.1, 0.15) is 5.76 Å². The Bertz CT molecular complexity index is 1010. The fourth-order valence-corrected chi connectivity index (χ4v) is 2.89. The summed E-state index contributed by atoms with van der Waals surface area (Å²) >= 11 is 0. The van der Waals surface area contributed by atoms with Crippen LogP contribution in [0.3, 0.4) is 0 Å². The molecule has 3 aromatic rings. The Labute approximate surface area is 143 Å². The van der Waals surface area contributed by atoms with E-state index in [1.807, 2.05) is 19.1 Å². The molecule has 0 saturated heterocycles. The summed E-state index contributed by atoms with van der Waals surface area (Å²) in [6.07, 6.45) is 0.616. The number of hydrogen-bond donors (Lipinski definition) is 0. The highest BCUT2D eigenvalue weighted by molar-refractivity contribution is 6.34. The molecule has 2 heterocycles. The summed E-state index contributed by atoms with van der Waals surface area (Å²) in [6.45, 7) is 1.94. The number of aryl methyl sites for hydroxylation is 1. The average molecular weight is 331 g/mol. The first kappa shape index (κ1) is 15.1. The number of carbonyl (C=O) groups excluding carboxylic acids is 3. The number of furan rings is 1. The number of rotatable bonds is 3. The Hall–Kier alpha value is -3.47. The topological polar surface area (TPSA) is 67.6 Å². The lowest BCUT2D eigenvalue weighted by Gasteiger charge is -2.13. The van der Waals surface area contributed by atoms with Crippen molar-refractivity contribution in [1.82, 2.24) is 0 Å². The van der Waals surface area contributed by atoms with Crippen LogP contribution in [0, 0.1) is 6.92 Å². The Morgan fingerprint density at radius 3 is 2.28 bits per heavy atom. The van der Waals surface area contributed by atoms with Crippen LogP contribution in [0.25, 0.3) is 11.3 Å². The third kappa shape index (κ3) is 2.37. The molecule has 0 fully saturated rings. The molecule has 0 spiro atoms. The summed E-state index contributed by atoms with van der Waals surface area (Å²) in [5, 5.41) is 0. The molecule has 1 aliphatic rings. The van der Waals surface area contributed by atoms with Crippen LogP contribution in [-0.2, 0) is 0 Å². The van der Waals surface area contributed by atoms with Gasteiger partial charge in [-0.15, -0.1) is 0 Å². The van der Waals surface area contributed by atoms with Gasteiger partial charge >= 0.3 is 0 Å². The summed E-state index contributed by atoms with van der Waals surface area (Å²) in [6, 6.07) is 15.4. The molecule has 0 N–H and O–H groups in total. The number of anilines is 1. The van der Waals surface area contributed by atoms with E-state index < -0.39 is 0 Å². The number of fused-ring (bicyclic) bond motifs is 1. The maximum Gasteiger partial charge on any atom is 0.266 e. The van der Waals surface area contributed by atoms with E-state index in [0.29, 0.717) is 34.4 Å². The molecule has 122 valence electrons. The Balaban J connectivity index is 1.75. The lowest BCUT2D eigenvalue weighted by Crippen LogP contribution is -2.29. The fourth-order valence-electron chi connectivity index (χ4n) is 2.89.